The third-order valence-corrected chi connectivity index (χ3v) is 5.86. The molecule has 0 bridgehead atoms. The highest BCUT2D eigenvalue weighted by Crippen LogP contribution is 2.11. The number of aromatic nitrogens is 2. The first-order valence-electron chi connectivity index (χ1n) is 9.72. The third-order valence-electron chi connectivity index (χ3n) is 4.53. The highest BCUT2D eigenvalue weighted by molar-refractivity contribution is 7.89. The van der Waals surface area contributed by atoms with Crippen molar-refractivity contribution in [2.75, 3.05) is 20.2 Å². The van der Waals surface area contributed by atoms with Crippen LogP contribution in [0.25, 0.3) is 0 Å². The van der Waals surface area contributed by atoms with Crippen molar-refractivity contribution in [1.29, 1.82) is 0 Å². The van der Waals surface area contributed by atoms with Gasteiger partial charge in [-0.3, -0.25) is 9.59 Å². The Morgan fingerprint density at radius 2 is 1.87 bits per heavy atom. The quantitative estimate of drug-likeness (QED) is 0.480. The molecule has 0 aliphatic carbocycles. The summed E-state index contributed by atoms with van der Waals surface area (Å²) in [7, 11) is -0.548. The van der Waals surface area contributed by atoms with E-state index in [1.54, 1.807) is 25.6 Å². The van der Waals surface area contributed by atoms with Crippen molar-refractivity contribution < 1.29 is 27.5 Å². The fourth-order valence-corrected chi connectivity index (χ4v) is 3.66. The van der Waals surface area contributed by atoms with Gasteiger partial charge in [0.05, 0.1) is 13.5 Å². The Labute approximate surface area is 182 Å². The van der Waals surface area contributed by atoms with Gasteiger partial charge in [0.15, 0.2) is 11.1 Å². The van der Waals surface area contributed by atoms with Gasteiger partial charge in [0.25, 0.3) is 15.9 Å². The first-order chi connectivity index (χ1) is 14.6. The number of carbonyl (C=O) groups is 2. The van der Waals surface area contributed by atoms with E-state index >= 15 is 0 Å². The standard InChI is InChI=1S/C20H28N4O6S/c1-14(20(26)21-11-9-16-5-7-17(29-4)8-6-16)30-19(25)10-12-22-31(27,28)18-13-24(3)15(2)23-18/h5-8,13-14,22H,9-12H2,1-4H3,(H,21,26). The average molecular weight is 453 g/mol. The highest BCUT2D eigenvalue weighted by Gasteiger charge is 2.20. The van der Waals surface area contributed by atoms with Gasteiger partial charge in [-0.25, -0.2) is 18.1 Å². The number of nitrogens with one attached hydrogen (secondary N) is 2. The minimum absolute atomic E-state index is 0.120. The van der Waals surface area contributed by atoms with Crippen molar-refractivity contribution >= 4 is 21.9 Å². The zero-order valence-corrected chi connectivity index (χ0v) is 18.9. The molecule has 1 heterocycles. The molecule has 0 saturated carbocycles. The number of imidazole rings is 1. The predicted octanol–water partition coefficient (Wildman–Crippen LogP) is 0.696. The Morgan fingerprint density at radius 3 is 2.45 bits per heavy atom. The highest BCUT2D eigenvalue weighted by atomic mass is 32.2. The van der Waals surface area contributed by atoms with Crippen LogP contribution in [0.1, 0.15) is 24.7 Å². The van der Waals surface area contributed by atoms with E-state index in [1.165, 1.54) is 13.1 Å². The number of aryl methyl sites for hydroxylation is 2. The minimum atomic E-state index is -3.82. The van der Waals surface area contributed by atoms with E-state index in [2.05, 4.69) is 15.0 Å². The Balaban J connectivity index is 1.70. The van der Waals surface area contributed by atoms with E-state index in [-0.39, 0.29) is 18.0 Å². The van der Waals surface area contributed by atoms with Crippen LogP contribution in [0.15, 0.2) is 35.5 Å². The number of benzene rings is 1. The van der Waals surface area contributed by atoms with E-state index in [4.69, 9.17) is 9.47 Å². The predicted molar refractivity (Wildman–Crippen MR) is 113 cm³/mol. The lowest BCUT2D eigenvalue weighted by Gasteiger charge is -2.13. The molecule has 0 aliphatic rings. The van der Waals surface area contributed by atoms with Crippen LogP contribution in [0.2, 0.25) is 0 Å². The molecule has 1 atom stereocenters. The molecule has 1 amide bonds. The lowest BCUT2D eigenvalue weighted by molar-refractivity contribution is -0.154. The summed E-state index contributed by atoms with van der Waals surface area (Å²) < 4.78 is 38.4. The number of sulfonamides is 1. The number of esters is 1. The maximum absolute atomic E-state index is 12.2. The zero-order chi connectivity index (χ0) is 23.0. The van der Waals surface area contributed by atoms with Crippen LogP contribution in [-0.2, 0) is 37.8 Å². The van der Waals surface area contributed by atoms with Gasteiger partial charge in [0, 0.05) is 26.3 Å². The number of rotatable bonds is 11. The molecule has 1 aromatic heterocycles. The number of ether oxygens (including phenoxy) is 2. The summed E-state index contributed by atoms with van der Waals surface area (Å²) in [6.07, 6.45) is 0.798. The molecule has 0 saturated heterocycles. The van der Waals surface area contributed by atoms with Crippen LogP contribution in [0.5, 0.6) is 5.75 Å². The maximum atomic E-state index is 12.2. The van der Waals surface area contributed by atoms with Crippen LogP contribution < -0.4 is 14.8 Å². The second-order valence-corrected chi connectivity index (χ2v) is 8.62. The number of methoxy groups -OCH3 is 1. The monoisotopic (exact) mass is 452 g/mol. The smallest absolute Gasteiger partial charge is 0.307 e. The topological polar surface area (TPSA) is 129 Å². The zero-order valence-electron chi connectivity index (χ0n) is 18.0. The van der Waals surface area contributed by atoms with Gasteiger partial charge in [0.2, 0.25) is 0 Å². The van der Waals surface area contributed by atoms with Gasteiger partial charge in [-0.1, -0.05) is 12.1 Å². The summed E-state index contributed by atoms with van der Waals surface area (Å²) in [6.45, 7) is 3.36. The molecule has 0 fully saturated rings. The van der Waals surface area contributed by atoms with Crippen LogP contribution >= 0.6 is 0 Å². The van der Waals surface area contributed by atoms with Crippen LogP contribution in [0.4, 0.5) is 0 Å². The third kappa shape index (κ3) is 7.37. The lowest BCUT2D eigenvalue weighted by Crippen LogP contribution is -2.37. The molecule has 1 unspecified atom stereocenters. The normalized spacial score (nSPS) is 12.3. The van der Waals surface area contributed by atoms with Gasteiger partial charge in [-0.2, -0.15) is 0 Å². The second kappa shape index (κ2) is 10.9. The summed E-state index contributed by atoms with van der Waals surface area (Å²) in [4.78, 5) is 28.0. The van der Waals surface area contributed by atoms with Crippen molar-refractivity contribution in [3.8, 4) is 5.75 Å². The lowest BCUT2D eigenvalue weighted by atomic mass is 10.1. The molecule has 0 radical (unpaired) electrons. The van der Waals surface area contributed by atoms with Gasteiger partial charge in [0.1, 0.15) is 11.6 Å². The van der Waals surface area contributed by atoms with Crippen molar-refractivity contribution in [1.82, 2.24) is 19.6 Å². The average Bonchev–Trinajstić information content (AvgIpc) is 3.07. The van der Waals surface area contributed by atoms with E-state index in [9.17, 15) is 18.0 Å². The first-order valence-corrected chi connectivity index (χ1v) is 11.2. The molecule has 170 valence electrons. The minimum Gasteiger partial charge on any atom is -0.497 e. The largest absolute Gasteiger partial charge is 0.497 e. The maximum Gasteiger partial charge on any atom is 0.307 e. The van der Waals surface area contributed by atoms with E-state index < -0.39 is 28.0 Å². The SMILES string of the molecule is COc1ccc(CCNC(=O)C(C)OC(=O)CCNS(=O)(=O)c2cn(C)c(C)n2)cc1. The van der Waals surface area contributed by atoms with Crippen molar-refractivity contribution in [3.63, 3.8) is 0 Å². The molecule has 31 heavy (non-hydrogen) atoms. The number of nitrogens with zero attached hydrogens (tertiary/aromatic N) is 2. The number of amides is 1. The molecular formula is C20H28N4O6S. The fraction of sp³-hybridized carbons (Fsp3) is 0.450. The molecule has 0 aliphatic heterocycles. The molecule has 2 rings (SSSR count). The fourth-order valence-electron chi connectivity index (χ4n) is 2.59. The Morgan fingerprint density at radius 1 is 1.19 bits per heavy atom. The van der Waals surface area contributed by atoms with Gasteiger partial charge in [-0.15, -0.1) is 0 Å². The number of hydrogen-bond acceptors (Lipinski definition) is 7. The van der Waals surface area contributed by atoms with Gasteiger partial charge < -0.3 is 19.4 Å². The summed E-state index contributed by atoms with van der Waals surface area (Å²) >= 11 is 0. The van der Waals surface area contributed by atoms with Crippen molar-refractivity contribution in [2.45, 2.75) is 37.8 Å². The van der Waals surface area contributed by atoms with E-state index in [1.807, 2.05) is 24.3 Å². The van der Waals surface area contributed by atoms with Crippen molar-refractivity contribution in [3.05, 3.63) is 41.9 Å². The second-order valence-electron chi connectivity index (χ2n) is 6.91. The van der Waals surface area contributed by atoms with Crippen molar-refractivity contribution in [2.24, 2.45) is 7.05 Å². The van der Waals surface area contributed by atoms with E-state index in [0.29, 0.717) is 18.8 Å². The van der Waals surface area contributed by atoms with Crippen LogP contribution in [0.3, 0.4) is 0 Å². The molecule has 10 nitrogen and oxygen atoms in total. The molecule has 0 spiro atoms. The van der Waals surface area contributed by atoms with E-state index in [0.717, 1.165) is 11.3 Å². The molecule has 1 aromatic carbocycles. The summed E-state index contributed by atoms with van der Waals surface area (Å²) in [6, 6.07) is 7.49. The molecule has 2 N–H and O–H groups in total. The summed E-state index contributed by atoms with van der Waals surface area (Å²) in [5.74, 6) is 0.196. The number of carbonyl (C=O) groups excluding carboxylic acids is 2. The molecular weight excluding hydrogens is 424 g/mol. The molecule has 11 heteroatoms. The Bertz CT molecular complexity index is 982. The van der Waals surface area contributed by atoms with Crippen LogP contribution in [-0.4, -0.2) is 56.1 Å². The Hall–Kier alpha value is -2.92. The van der Waals surface area contributed by atoms with Gasteiger partial charge >= 0.3 is 5.97 Å². The van der Waals surface area contributed by atoms with Crippen LogP contribution in [0, 0.1) is 6.92 Å². The Kier molecular flexibility index (Phi) is 8.57. The molecule has 2 aromatic rings. The summed E-state index contributed by atoms with van der Waals surface area (Å²) in [5, 5.41) is 2.58. The summed E-state index contributed by atoms with van der Waals surface area (Å²) in [5.41, 5.74) is 1.03. The van der Waals surface area contributed by atoms with Gasteiger partial charge in [-0.05, 0) is 38.0 Å². The number of hydrogen-bond donors (Lipinski definition) is 2. The first kappa shape index (κ1) is 24.4.